The average Bonchev–Trinajstić information content (AvgIpc) is 3.01. The molecule has 2 aromatic heterocycles. The van der Waals surface area contributed by atoms with Crippen LogP contribution >= 0.6 is 28.1 Å². The first-order valence-electron chi connectivity index (χ1n) is 8.25. The number of halogens is 1. The molecule has 0 aliphatic rings. The first-order chi connectivity index (χ1) is 13.2. The predicted molar refractivity (Wildman–Crippen MR) is 116 cm³/mol. The molecular weight excluding hydrogens is 460 g/mol. The molecule has 2 aromatic carbocycles. The highest BCUT2D eigenvalue weighted by Gasteiger charge is 2.16. The van der Waals surface area contributed by atoms with E-state index in [0.717, 1.165) is 32.3 Å². The molecule has 0 saturated carbocycles. The standard InChI is InChI=1S/C19H15BrN4O2S2/c1-11-22-18-17(19(27)23-11)16(12-2-4-13(20)5-3-12)10-24(18)14-6-8-15(9-7-14)28(21,25)26/h2-10H,1H3,(H2,21,25,26)(H,22,23,27). The Balaban J connectivity index is 1.99. The molecule has 0 saturated heterocycles. The van der Waals surface area contributed by atoms with Gasteiger partial charge in [-0.2, -0.15) is 0 Å². The molecule has 0 amide bonds. The Kier molecular flexibility index (Phi) is 4.70. The lowest BCUT2D eigenvalue weighted by Gasteiger charge is -2.07. The van der Waals surface area contributed by atoms with Crippen LogP contribution in [0.2, 0.25) is 0 Å². The van der Waals surface area contributed by atoms with Gasteiger partial charge in [0.1, 0.15) is 16.1 Å². The number of hydrogen-bond donors (Lipinski definition) is 2. The monoisotopic (exact) mass is 474 g/mol. The van der Waals surface area contributed by atoms with Gasteiger partial charge in [-0.25, -0.2) is 18.5 Å². The SMILES string of the molecule is Cc1nc(=S)c2c(-c3ccc(Br)cc3)cn(-c3ccc(S(N)(=O)=O)cc3)c2[nH]1. The fourth-order valence-electron chi connectivity index (χ4n) is 3.10. The van der Waals surface area contributed by atoms with E-state index in [1.54, 1.807) is 12.1 Å². The van der Waals surface area contributed by atoms with Crippen molar-refractivity contribution < 1.29 is 8.42 Å². The molecule has 0 spiro atoms. The third-order valence-corrected chi connectivity index (χ3v) is 6.14. The Hall–Kier alpha value is -2.33. The van der Waals surface area contributed by atoms with Gasteiger partial charge < -0.3 is 9.55 Å². The van der Waals surface area contributed by atoms with E-state index in [1.165, 1.54) is 12.1 Å². The quantitative estimate of drug-likeness (QED) is 0.428. The minimum absolute atomic E-state index is 0.0617. The number of nitrogens with one attached hydrogen (secondary N) is 1. The molecule has 142 valence electrons. The van der Waals surface area contributed by atoms with Gasteiger partial charge in [0.15, 0.2) is 0 Å². The number of rotatable bonds is 3. The van der Waals surface area contributed by atoms with E-state index in [0.29, 0.717) is 10.5 Å². The van der Waals surface area contributed by atoms with E-state index in [1.807, 2.05) is 42.0 Å². The maximum atomic E-state index is 11.5. The Bertz CT molecular complexity index is 1360. The van der Waals surface area contributed by atoms with Crippen LogP contribution < -0.4 is 5.14 Å². The molecular formula is C19H15BrN4O2S2. The number of fused-ring (bicyclic) bond motifs is 1. The van der Waals surface area contributed by atoms with Crippen molar-refractivity contribution >= 4 is 49.2 Å². The fourth-order valence-corrected chi connectivity index (χ4v) is 4.22. The smallest absolute Gasteiger partial charge is 0.238 e. The topological polar surface area (TPSA) is 93.8 Å². The second kappa shape index (κ2) is 6.93. The van der Waals surface area contributed by atoms with Crippen LogP contribution in [-0.4, -0.2) is 23.0 Å². The third kappa shape index (κ3) is 3.42. The molecule has 2 heterocycles. The van der Waals surface area contributed by atoms with Crippen molar-refractivity contribution in [3.8, 4) is 16.8 Å². The van der Waals surface area contributed by atoms with E-state index in [4.69, 9.17) is 17.4 Å². The lowest BCUT2D eigenvalue weighted by atomic mass is 10.1. The highest BCUT2D eigenvalue weighted by Crippen LogP contribution is 2.33. The average molecular weight is 475 g/mol. The highest BCUT2D eigenvalue weighted by atomic mass is 79.9. The molecule has 0 aliphatic heterocycles. The molecule has 0 bridgehead atoms. The summed E-state index contributed by atoms with van der Waals surface area (Å²) in [5, 5.41) is 6.03. The number of primary sulfonamides is 1. The number of H-pyrrole nitrogens is 1. The fraction of sp³-hybridized carbons (Fsp3) is 0.0526. The van der Waals surface area contributed by atoms with Gasteiger partial charge in [0.05, 0.1) is 10.3 Å². The molecule has 3 N–H and O–H groups in total. The number of hydrogen-bond acceptors (Lipinski definition) is 4. The lowest BCUT2D eigenvalue weighted by molar-refractivity contribution is 0.598. The van der Waals surface area contributed by atoms with Crippen LogP contribution in [0.3, 0.4) is 0 Å². The zero-order chi connectivity index (χ0) is 20.1. The van der Waals surface area contributed by atoms with Crippen molar-refractivity contribution in [3.63, 3.8) is 0 Å². The van der Waals surface area contributed by atoms with Gasteiger partial charge in [0.2, 0.25) is 10.0 Å². The molecule has 0 atom stereocenters. The molecule has 28 heavy (non-hydrogen) atoms. The first kappa shape index (κ1) is 19.0. The van der Waals surface area contributed by atoms with E-state index >= 15 is 0 Å². The number of aryl methyl sites for hydroxylation is 1. The van der Waals surface area contributed by atoms with Gasteiger partial charge in [0, 0.05) is 21.9 Å². The van der Waals surface area contributed by atoms with Crippen LogP contribution in [0.1, 0.15) is 5.82 Å². The summed E-state index contributed by atoms with van der Waals surface area (Å²) in [7, 11) is -3.75. The second-order valence-electron chi connectivity index (χ2n) is 6.31. The molecule has 4 rings (SSSR count). The minimum Gasteiger partial charge on any atom is -0.329 e. The molecule has 4 aromatic rings. The Morgan fingerprint density at radius 1 is 1.11 bits per heavy atom. The lowest BCUT2D eigenvalue weighted by Crippen LogP contribution is -2.12. The van der Waals surface area contributed by atoms with E-state index in [-0.39, 0.29) is 4.90 Å². The third-order valence-electron chi connectivity index (χ3n) is 4.39. The minimum atomic E-state index is -3.75. The highest BCUT2D eigenvalue weighted by molar-refractivity contribution is 9.10. The summed E-state index contributed by atoms with van der Waals surface area (Å²) in [6.07, 6.45) is 1.97. The van der Waals surface area contributed by atoms with Crippen molar-refractivity contribution in [1.82, 2.24) is 14.5 Å². The molecule has 0 unspecified atom stereocenters. The van der Waals surface area contributed by atoms with Crippen molar-refractivity contribution in [1.29, 1.82) is 0 Å². The van der Waals surface area contributed by atoms with Crippen molar-refractivity contribution in [2.45, 2.75) is 11.8 Å². The number of aromatic amines is 1. The zero-order valence-corrected chi connectivity index (χ0v) is 17.9. The zero-order valence-electron chi connectivity index (χ0n) is 14.7. The maximum Gasteiger partial charge on any atom is 0.238 e. The van der Waals surface area contributed by atoms with Crippen LogP contribution in [0.25, 0.3) is 27.8 Å². The second-order valence-corrected chi connectivity index (χ2v) is 9.17. The molecule has 0 aliphatic carbocycles. The summed E-state index contributed by atoms with van der Waals surface area (Å²) in [5.74, 6) is 0.695. The summed E-state index contributed by atoms with van der Waals surface area (Å²) in [5.41, 5.74) is 3.50. The number of nitrogens with two attached hydrogens (primary N) is 1. The number of nitrogens with zero attached hydrogens (tertiary/aromatic N) is 2. The van der Waals surface area contributed by atoms with Crippen molar-refractivity contribution in [3.05, 3.63) is 69.7 Å². The van der Waals surface area contributed by atoms with Crippen LogP contribution in [0.15, 0.2) is 64.1 Å². The Morgan fingerprint density at radius 3 is 2.36 bits per heavy atom. The molecule has 0 fully saturated rings. The van der Waals surface area contributed by atoms with Gasteiger partial charge >= 0.3 is 0 Å². The molecule has 6 nitrogen and oxygen atoms in total. The van der Waals surface area contributed by atoms with Crippen molar-refractivity contribution in [2.24, 2.45) is 5.14 Å². The summed E-state index contributed by atoms with van der Waals surface area (Å²) >= 11 is 8.99. The van der Waals surface area contributed by atoms with Gasteiger partial charge in [-0.05, 0) is 48.9 Å². The number of benzene rings is 2. The van der Waals surface area contributed by atoms with Gasteiger partial charge in [-0.15, -0.1) is 0 Å². The maximum absolute atomic E-state index is 11.5. The van der Waals surface area contributed by atoms with E-state index in [2.05, 4.69) is 25.9 Å². The molecule has 0 radical (unpaired) electrons. The first-order valence-corrected chi connectivity index (χ1v) is 11.0. The van der Waals surface area contributed by atoms with Crippen LogP contribution in [-0.2, 0) is 10.0 Å². The number of sulfonamides is 1. The molecule has 9 heteroatoms. The summed E-state index contributed by atoms with van der Waals surface area (Å²) in [6, 6.07) is 14.3. The van der Waals surface area contributed by atoms with Crippen LogP contribution in [0, 0.1) is 11.6 Å². The summed E-state index contributed by atoms with van der Waals surface area (Å²) < 4.78 is 26.5. The normalized spacial score (nSPS) is 11.8. The van der Waals surface area contributed by atoms with Crippen molar-refractivity contribution in [2.75, 3.05) is 0 Å². The van der Waals surface area contributed by atoms with E-state index in [9.17, 15) is 8.42 Å². The van der Waals surface area contributed by atoms with Gasteiger partial charge in [-0.3, -0.25) is 0 Å². The van der Waals surface area contributed by atoms with Crippen LogP contribution in [0.4, 0.5) is 0 Å². The summed E-state index contributed by atoms with van der Waals surface area (Å²) in [6.45, 7) is 1.84. The largest absolute Gasteiger partial charge is 0.329 e. The number of aromatic nitrogens is 3. The van der Waals surface area contributed by atoms with E-state index < -0.39 is 10.0 Å². The van der Waals surface area contributed by atoms with Crippen LogP contribution in [0.5, 0.6) is 0 Å². The predicted octanol–water partition coefficient (Wildman–Crippen LogP) is 4.47. The summed E-state index contributed by atoms with van der Waals surface area (Å²) in [4.78, 5) is 7.74. The Morgan fingerprint density at radius 2 is 1.75 bits per heavy atom. The van der Waals surface area contributed by atoms with Gasteiger partial charge in [0.25, 0.3) is 0 Å². The van der Waals surface area contributed by atoms with Gasteiger partial charge in [-0.1, -0.05) is 40.3 Å². The Labute approximate surface area is 175 Å².